The molecule has 118 valence electrons. The molecule has 2 aliphatic rings. The highest BCUT2D eigenvalue weighted by Gasteiger charge is 2.26. The third kappa shape index (κ3) is 2.50. The summed E-state index contributed by atoms with van der Waals surface area (Å²) in [6.45, 7) is 3.98. The maximum Gasteiger partial charge on any atom is 0.255 e. The van der Waals surface area contributed by atoms with Gasteiger partial charge in [-0.25, -0.2) is 9.97 Å². The van der Waals surface area contributed by atoms with Gasteiger partial charge in [0.25, 0.3) is 5.91 Å². The van der Waals surface area contributed by atoms with Crippen LogP contribution in [0, 0.1) is 6.92 Å². The molecule has 6 nitrogen and oxygen atoms in total. The van der Waals surface area contributed by atoms with Gasteiger partial charge in [0.2, 0.25) is 5.95 Å². The Morgan fingerprint density at radius 2 is 1.87 bits per heavy atom. The van der Waals surface area contributed by atoms with Gasteiger partial charge in [0.1, 0.15) is 6.17 Å². The lowest BCUT2D eigenvalue weighted by Gasteiger charge is -2.28. The molecule has 2 N–H and O–H groups in total. The van der Waals surface area contributed by atoms with Crippen molar-refractivity contribution in [2.24, 2.45) is 0 Å². The van der Waals surface area contributed by atoms with Crippen LogP contribution in [0.1, 0.15) is 40.5 Å². The lowest BCUT2D eigenvalue weighted by Crippen LogP contribution is -2.39. The molecule has 1 aromatic heterocycles. The summed E-state index contributed by atoms with van der Waals surface area (Å²) in [5.74, 6) is 0.704. The van der Waals surface area contributed by atoms with Gasteiger partial charge in [-0.05, 0) is 31.4 Å². The first-order chi connectivity index (χ1) is 11.2. The average Bonchev–Trinajstić information content (AvgIpc) is 3.09. The number of rotatable bonds is 2. The largest absolute Gasteiger partial charge is 0.361 e. The second-order valence-corrected chi connectivity index (χ2v) is 6.06. The van der Waals surface area contributed by atoms with E-state index in [4.69, 9.17) is 0 Å². The van der Waals surface area contributed by atoms with Crippen LogP contribution in [0.25, 0.3) is 0 Å². The van der Waals surface area contributed by atoms with E-state index in [1.54, 1.807) is 12.4 Å². The Morgan fingerprint density at radius 3 is 2.61 bits per heavy atom. The maximum absolute atomic E-state index is 12.4. The number of carbonyl (C=O) groups is 1. The number of amides is 1. The highest BCUT2D eigenvalue weighted by atomic mass is 16.2. The minimum atomic E-state index is -0.301. The van der Waals surface area contributed by atoms with E-state index in [9.17, 15) is 4.79 Å². The van der Waals surface area contributed by atoms with E-state index in [-0.39, 0.29) is 12.1 Å². The van der Waals surface area contributed by atoms with Crippen molar-refractivity contribution in [1.29, 1.82) is 0 Å². The fraction of sp³-hybridized carbons (Fsp3) is 0.353. The Morgan fingerprint density at radius 1 is 1.13 bits per heavy atom. The first kappa shape index (κ1) is 14.0. The zero-order valence-electron chi connectivity index (χ0n) is 13.0. The van der Waals surface area contributed by atoms with E-state index in [2.05, 4.69) is 25.5 Å². The zero-order valence-corrected chi connectivity index (χ0v) is 13.0. The predicted octanol–water partition coefficient (Wildman–Crippen LogP) is 2.24. The molecule has 1 saturated heterocycles. The molecule has 1 unspecified atom stereocenters. The second-order valence-electron chi connectivity index (χ2n) is 6.06. The summed E-state index contributed by atoms with van der Waals surface area (Å²) in [6, 6.07) is 5.81. The molecule has 0 spiro atoms. The van der Waals surface area contributed by atoms with Crippen LogP contribution in [0.3, 0.4) is 0 Å². The molecule has 1 aromatic carbocycles. The number of benzene rings is 1. The second kappa shape index (κ2) is 5.53. The lowest BCUT2D eigenvalue weighted by molar-refractivity contribution is 0.0935. The number of nitrogens with zero attached hydrogens (tertiary/aromatic N) is 3. The minimum absolute atomic E-state index is 0.0644. The highest BCUT2D eigenvalue weighted by Crippen LogP contribution is 2.28. The SMILES string of the molecule is Cc1cccc2c1C(=O)NC(c1cnc(N3CCCC3)nc1)N2. The van der Waals surface area contributed by atoms with Crippen molar-refractivity contribution in [3.05, 3.63) is 47.3 Å². The molecule has 3 heterocycles. The molecule has 1 amide bonds. The van der Waals surface area contributed by atoms with E-state index in [0.717, 1.165) is 35.9 Å². The van der Waals surface area contributed by atoms with Crippen molar-refractivity contribution in [3.8, 4) is 0 Å². The molecule has 4 rings (SSSR count). The quantitative estimate of drug-likeness (QED) is 0.890. The molecule has 0 bridgehead atoms. The molecular formula is C17H19N5O. The number of hydrogen-bond donors (Lipinski definition) is 2. The maximum atomic E-state index is 12.4. The van der Waals surface area contributed by atoms with Crippen LogP contribution in [0.4, 0.5) is 11.6 Å². The van der Waals surface area contributed by atoms with Crippen LogP contribution in [0.15, 0.2) is 30.6 Å². The van der Waals surface area contributed by atoms with Crippen molar-refractivity contribution in [1.82, 2.24) is 15.3 Å². The molecule has 0 radical (unpaired) electrons. The van der Waals surface area contributed by atoms with Crippen molar-refractivity contribution in [2.75, 3.05) is 23.3 Å². The summed E-state index contributed by atoms with van der Waals surface area (Å²) in [6.07, 6.45) is 5.67. The summed E-state index contributed by atoms with van der Waals surface area (Å²) in [7, 11) is 0. The Labute approximate surface area is 134 Å². The summed E-state index contributed by atoms with van der Waals surface area (Å²) in [5.41, 5.74) is 3.38. The van der Waals surface area contributed by atoms with Gasteiger partial charge in [-0.1, -0.05) is 12.1 Å². The monoisotopic (exact) mass is 309 g/mol. The fourth-order valence-corrected chi connectivity index (χ4v) is 3.21. The van der Waals surface area contributed by atoms with Gasteiger partial charge in [-0.3, -0.25) is 4.79 Å². The van der Waals surface area contributed by atoms with Crippen molar-refractivity contribution < 1.29 is 4.79 Å². The van der Waals surface area contributed by atoms with Crippen LogP contribution >= 0.6 is 0 Å². The molecule has 23 heavy (non-hydrogen) atoms. The smallest absolute Gasteiger partial charge is 0.255 e. The topological polar surface area (TPSA) is 70.2 Å². The van der Waals surface area contributed by atoms with E-state index in [1.807, 2.05) is 25.1 Å². The van der Waals surface area contributed by atoms with Gasteiger partial charge in [-0.2, -0.15) is 0 Å². The highest BCUT2D eigenvalue weighted by molar-refractivity contribution is 6.03. The third-order valence-electron chi connectivity index (χ3n) is 4.46. The van der Waals surface area contributed by atoms with Gasteiger partial charge in [0.05, 0.1) is 5.56 Å². The molecular weight excluding hydrogens is 290 g/mol. The van der Waals surface area contributed by atoms with Crippen molar-refractivity contribution >= 4 is 17.5 Å². The van der Waals surface area contributed by atoms with E-state index >= 15 is 0 Å². The number of nitrogens with one attached hydrogen (secondary N) is 2. The standard InChI is InChI=1S/C17H19N5O/c1-11-5-4-6-13-14(11)16(23)21-15(20-13)12-9-18-17(19-10-12)22-7-2-3-8-22/h4-6,9-10,15,20H,2-3,7-8H2,1H3,(H,21,23). The number of aromatic nitrogens is 2. The van der Waals surface area contributed by atoms with Gasteiger partial charge in [-0.15, -0.1) is 0 Å². The summed E-state index contributed by atoms with van der Waals surface area (Å²) < 4.78 is 0. The van der Waals surface area contributed by atoms with Crippen molar-refractivity contribution in [3.63, 3.8) is 0 Å². The van der Waals surface area contributed by atoms with E-state index in [0.29, 0.717) is 5.56 Å². The molecule has 6 heteroatoms. The molecule has 2 aliphatic heterocycles. The summed E-state index contributed by atoms with van der Waals surface area (Å²) in [5, 5.41) is 6.32. The third-order valence-corrected chi connectivity index (χ3v) is 4.46. The summed E-state index contributed by atoms with van der Waals surface area (Å²) in [4.78, 5) is 23.5. The Kier molecular flexibility index (Phi) is 3.37. The summed E-state index contributed by atoms with van der Waals surface area (Å²) >= 11 is 0. The fourth-order valence-electron chi connectivity index (χ4n) is 3.21. The molecule has 0 saturated carbocycles. The number of fused-ring (bicyclic) bond motifs is 1. The van der Waals surface area contributed by atoms with E-state index < -0.39 is 0 Å². The first-order valence-electron chi connectivity index (χ1n) is 7.96. The van der Waals surface area contributed by atoms with Gasteiger partial charge in [0.15, 0.2) is 0 Å². The van der Waals surface area contributed by atoms with Crippen LogP contribution in [-0.4, -0.2) is 29.0 Å². The van der Waals surface area contributed by atoms with Gasteiger partial charge >= 0.3 is 0 Å². The average molecular weight is 309 g/mol. The normalized spacial score (nSPS) is 20.0. The number of aryl methyl sites for hydroxylation is 1. The molecule has 2 aromatic rings. The van der Waals surface area contributed by atoms with E-state index in [1.165, 1.54) is 12.8 Å². The molecule has 1 fully saturated rings. The zero-order chi connectivity index (χ0) is 15.8. The van der Waals surface area contributed by atoms with Crippen molar-refractivity contribution in [2.45, 2.75) is 25.9 Å². The lowest BCUT2D eigenvalue weighted by atomic mass is 10.0. The van der Waals surface area contributed by atoms with Crippen LogP contribution in [0.2, 0.25) is 0 Å². The van der Waals surface area contributed by atoms with Crippen LogP contribution in [-0.2, 0) is 0 Å². The Bertz CT molecular complexity index is 737. The minimum Gasteiger partial charge on any atom is -0.361 e. The Hall–Kier alpha value is -2.63. The Balaban J connectivity index is 1.58. The molecule has 1 atom stereocenters. The number of hydrogen-bond acceptors (Lipinski definition) is 5. The van der Waals surface area contributed by atoms with Gasteiger partial charge < -0.3 is 15.5 Å². The van der Waals surface area contributed by atoms with Gasteiger partial charge in [0, 0.05) is 36.7 Å². The van der Waals surface area contributed by atoms with Crippen LogP contribution < -0.4 is 15.5 Å². The van der Waals surface area contributed by atoms with Crippen LogP contribution in [0.5, 0.6) is 0 Å². The number of anilines is 2. The number of carbonyl (C=O) groups excluding carboxylic acids is 1. The predicted molar refractivity (Wildman–Crippen MR) is 88.5 cm³/mol. The first-order valence-corrected chi connectivity index (χ1v) is 7.96. The molecule has 0 aliphatic carbocycles.